The second kappa shape index (κ2) is 7.11. The van der Waals surface area contributed by atoms with Crippen LogP contribution in [0, 0.1) is 10.1 Å². The Morgan fingerprint density at radius 1 is 1.31 bits per heavy atom. The van der Waals surface area contributed by atoms with Crippen molar-refractivity contribution in [2.75, 3.05) is 0 Å². The van der Waals surface area contributed by atoms with Gasteiger partial charge in [-0.15, -0.1) is 0 Å². The number of aromatic hydroxyl groups is 1. The number of amides is 1. The van der Waals surface area contributed by atoms with Gasteiger partial charge in [0.15, 0.2) is 10.9 Å². The summed E-state index contributed by atoms with van der Waals surface area (Å²) >= 11 is 11.3. The summed E-state index contributed by atoms with van der Waals surface area (Å²) in [6.45, 7) is 0.206. The Bertz CT molecular complexity index is 961. The van der Waals surface area contributed by atoms with Gasteiger partial charge in [0.05, 0.1) is 11.5 Å². The minimum atomic E-state index is -0.699. The molecule has 1 fully saturated rings. The minimum Gasteiger partial charge on any atom is -0.502 e. The number of nitro groups is 1. The van der Waals surface area contributed by atoms with E-state index in [0.717, 1.165) is 5.56 Å². The maximum Gasteiger partial charge on any atom is 0.311 e. The number of hydrogen-bond donors (Lipinski definition) is 2. The van der Waals surface area contributed by atoms with Crippen LogP contribution in [0.2, 0.25) is 5.02 Å². The van der Waals surface area contributed by atoms with Crippen LogP contribution in [0.15, 0.2) is 48.2 Å². The molecule has 7 nitrogen and oxygen atoms in total. The van der Waals surface area contributed by atoms with E-state index in [2.05, 4.69) is 5.32 Å². The van der Waals surface area contributed by atoms with Crippen LogP contribution in [0.4, 0.5) is 5.69 Å². The quantitative estimate of drug-likeness (QED) is 0.361. The number of phenols is 1. The summed E-state index contributed by atoms with van der Waals surface area (Å²) in [5.74, 6) is -0.815. The zero-order valence-corrected chi connectivity index (χ0v) is 14.8. The lowest BCUT2D eigenvalue weighted by Crippen LogP contribution is -2.30. The van der Waals surface area contributed by atoms with Crippen molar-refractivity contribution in [2.45, 2.75) is 6.54 Å². The average Bonchev–Trinajstić information content (AvgIpc) is 2.85. The number of carbonyl (C=O) groups is 1. The van der Waals surface area contributed by atoms with Gasteiger partial charge in [-0.2, -0.15) is 0 Å². The molecule has 0 spiro atoms. The number of phenolic OH excluding ortho intramolecular Hbond substituents is 1. The van der Waals surface area contributed by atoms with Gasteiger partial charge >= 0.3 is 5.69 Å². The molecule has 1 saturated heterocycles. The topological polar surface area (TPSA) is 95.7 Å². The molecule has 1 aliphatic heterocycles. The van der Waals surface area contributed by atoms with Gasteiger partial charge in [0, 0.05) is 11.1 Å². The number of nitrogens with one attached hydrogen (secondary N) is 1. The first-order chi connectivity index (χ1) is 12.4. The Balaban J connectivity index is 1.87. The third kappa shape index (κ3) is 3.51. The number of nitrogens with zero attached hydrogens (tertiary/aromatic N) is 2. The van der Waals surface area contributed by atoms with Crippen molar-refractivity contribution in [3.05, 3.63) is 74.4 Å². The molecule has 2 N–H and O–H groups in total. The number of rotatable bonds is 4. The van der Waals surface area contributed by atoms with E-state index in [1.165, 1.54) is 29.2 Å². The molecule has 2 aromatic rings. The highest BCUT2D eigenvalue weighted by Crippen LogP contribution is 2.28. The molecule has 0 unspecified atom stereocenters. The van der Waals surface area contributed by atoms with Gasteiger partial charge in [-0.25, -0.2) is 0 Å². The van der Waals surface area contributed by atoms with E-state index in [-0.39, 0.29) is 23.3 Å². The highest BCUT2D eigenvalue weighted by molar-refractivity contribution is 7.80. The molecular formula is C17H12ClN3O4S. The average molecular weight is 390 g/mol. The second-order valence-corrected chi connectivity index (χ2v) is 6.27. The standard InChI is InChI=1S/C17H12ClN3O4S/c18-12-4-2-1-3-11(12)9-20-16(23)13(19-17(20)26)7-10-5-6-15(22)14(8-10)21(24)25/h1-8,22H,9H2,(H,19,26)/b13-7-. The molecule has 0 atom stereocenters. The van der Waals surface area contributed by atoms with E-state index in [0.29, 0.717) is 10.6 Å². The fourth-order valence-electron chi connectivity index (χ4n) is 2.46. The van der Waals surface area contributed by atoms with Crippen molar-refractivity contribution in [3.63, 3.8) is 0 Å². The van der Waals surface area contributed by atoms with Crippen LogP contribution in [0.5, 0.6) is 5.75 Å². The molecule has 0 bridgehead atoms. The maximum absolute atomic E-state index is 12.6. The Hall–Kier alpha value is -2.97. The van der Waals surface area contributed by atoms with E-state index >= 15 is 0 Å². The van der Waals surface area contributed by atoms with Crippen LogP contribution >= 0.6 is 23.8 Å². The molecule has 0 radical (unpaired) electrons. The maximum atomic E-state index is 12.6. The third-order valence-electron chi connectivity index (χ3n) is 3.76. The van der Waals surface area contributed by atoms with Gasteiger partial charge in [0.2, 0.25) is 0 Å². The van der Waals surface area contributed by atoms with Crippen molar-refractivity contribution >= 4 is 46.6 Å². The number of thiocarbonyl (C=S) groups is 1. The zero-order valence-electron chi connectivity index (χ0n) is 13.2. The smallest absolute Gasteiger partial charge is 0.311 e. The molecule has 0 saturated carbocycles. The molecule has 0 aromatic heterocycles. The summed E-state index contributed by atoms with van der Waals surface area (Å²) in [5, 5.41) is 24.0. The Morgan fingerprint density at radius 3 is 2.73 bits per heavy atom. The third-order valence-corrected chi connectivity index (χ3v) is 4.45. The minimum absolute atomic E-state index is 0.182. The van der Waals surface area contributed by atoms with Crippen LogP contribution in [0.3, 0.4) is 0 Å². The van der Waals surface area contributed by atoms with Crippen molar-refractivity contribution in [2.24, 2.45) is 0 Å². The Morgan fingerprint density at radius 2 is 2.04 bits per heavy atom. The molecule has 0 aliphatic carbocycles. The first-order valence-corrected chi connectivity index (χ1v) is 8.21. The first-order valence-electron chi connectivity index (χ1n) is 7.42. The summed E-state index contributed by atoms with van der Waals surface area (Å²) in [6, 6.07) is 11.0. The molecule has 1 heterocycles. The van der Waals surface area contributed by atoms with Crippen LogP contribution in [-0.4, -0.2) is 25.9 Å². The number of benzene rings is 2. The lowest BCUT2D eigenvalue weighted by atomic mass is 10.1. The predicted octanol–water partition coefficient (Wildman–Crippen LogP) is 3.21. The zero-order chi connectivity index (χ0) is 18.8. The molecule has 26 heavy (non-hydrogen) atoms. The van der Waals surface area contributed by atoms with Crippen LogP contribution in [0.25, 0.3) is 6.08 Å². The van der Waals surface area contributed by atoms with Gasteiger partial charge in [0.1, 0.15) is 5.70 Å². The van der Waals surface area contributed by atoms with Crippen molar-refractivity contribution in [1.82, 2.24) is 10.2 Å². The molecule has 1 amide bonds. The molecule has 1 aliphatic rings. The monoisotopic (exact) mass is 389 g/mol. The van der Waals surface area contributed by atoms with Crippen molar-refractivity contribution in [1.29, 1.82) is 0 Å². The lowest BCUT2D eigenvalue weighted by Gasteiger charge is -2.14. The van der Waals surface area contributed by atoms with E-state index in [4.69, 9.17) is 23.8 Å². The number of hydrogen-bond acceptors (Lipinski definition) is 5. The van der Waals surface area contributed by atoms with Gasteiger partial charge in [-0.05, 0) is 41.6 Å². The molecular weight excluding hydrogens is 378 g/mol. The van der Waals surface area contributed by atoms with Crippen molar-refractivity contribution < 1.29 is 14.8 Å². The van der Waals surface area contributed by atoms with Gasteiger partial charge in [0.25, 0.3) is 5.91 Å². The largest absolute Gasteiger partial charge is 0.502 e. The van der Waals surface area contributed by atoms with E-state index < -0.39 is 16.4 Å². The number of nitro benzene ring substituents is 1. The summed E-state index contributed by atoms with van der Waals surface area (Å²) in [5.41, 5.74) is 0.864. The normalized spacial score (nSPS) is 15.4. The molecule has 3 rings (SSSR count). The van der Waals surface area contributed by atoms with Crippen LogP contribution in [-0.2, 0) is 11.3 Å². The molecule has 9 heteroatoms. The Labute approximate surface area is 158 Å². The van der Waals surface area contributed by atoms with Gasteiger partial charge in [-0.3, -0.25) is 19.8 Å². The van der Waals surface area contributed by atoms with Crippen LogP contribution in [0.1, 0.15) is 11.1 Å². The highest BCUT2D eigenvalue weighted by atomic mass is 35.5. The first kappa shape index (κ1) is 17.8. The SMILES string of the molecule is O=C1/C(=C/c2ccc(O)c([N+](=O)[O-])c2)NC(=S)N1Cc1ccccc1Cl. The van der Waals surface area contributed by atoms with Crippen molar-refractivity contribution in [3.8, 4) is 5.75 Å². The predicted molar refractivity (Wildman–Crippen MR) is 100 cm³/mol. The summed E-state index contributed by atoms with van der Waals surface area (Å²) < 4.78 is 0. The Kier molecular flexibility index (Phi) is 4.88. The summed E-state index contributed by atoms with van der Waals surface area (Å²) in [4.78, 5) is 24.2. The fraction of sp³-hybridized carbons (Fsp3) is 0.0588. The molecule has 132 valence electrons. The number of carbonyl (C=O) groups excluding carboxylic acids is 1. The van der Waals surface area contributed by atoms with E-state index in [1.807, 2.05) is 6.07 Å². The number of halogens is 1. The van der Waals surface area contributed by atoms with E-state index in [9.17, 15) is 20.0 Å². The van der Waals surface area contributed by atoms with Gasteiger partial charge in [-0.1, -0.05) is 35.9 Å². The lowest BCUT2D eigenvalue weighted by molar-refractivity contribution is -0.385. The summed E-state index contributed by atoms with van der Waals surface area (Å²) in [6.07, 6.45) is 1.44. The summed E-state index contributed by atoms with van der Waals surface area (Å²) in [7, 11) is 0. The molecule has 2 aromatic carbocycles. The highest BCUT2D eigenvalue weighted by Gasteiger charge is 2.31. The van der Waals surface area contributed by atoms with Crippen LogP contribution < -0.4 is 5.32 Å². The fourth-order valence-corrected chi connectivity index (χ4v) is 2.91. The second-order valence-electron chi connectivity index (χ2n) is 5.48. The van der Waals surface area contributed by atoms with E-state index in [1.54, 1.807) is 18.2 Å². The van der Waals surface area contributed by atoms with Gasteiger partial charge < -0.3 is 10.4 Å².